The normalized spacial score (nSPS) is 16.5. The summed E-state index contributed by atoms with van der Waals surface area (Å²) in [6, 6.07) is 14.3. The summed E-state index contributed by atoms with van der Waals surface area (Å²) in [6.45, 7) is 1.94. The second kappa shape index (κ2) is 8.26. The highest BCUT2D eigenvalue weighted by Gasteiger charge is 2.40. The fraction of sp³-hybridized carbons (Fsp3) is 0.250. The molecule has 1 heterocycles. The number of nitrogens with one attached hydrogen (secondary N) is 1. The van der Waals surface area contributed by atoms with Crippen LogP contribution >= 0.6 is 11.8 Å². The molecular weight excluding hydrogens is 364 g/mol. The monoisotopic (exact) mass is 384 g/mol. The van der Waals surface area contributed by atoms with E-state index in [1.165, 1.54) is 23.8 Å². The van der Waals surface area contributed by atoms with Gasteiger partial charge in [-0.1, -0.05) is 29.8 Å². The van der Waals surface area contributed by atoms with Crippen molar-refractivity contribution in [1.82, 2.24) is 0 Å². The predicted octanol–water partition coefficient (Wildman–Crippen LogP) is 3.01. The highest BCUT2D eigenvalue weighted by Crippen LogP contribution is 2.30. The predicted molar refractivity (Wildman–Crippen MR) is 106 cm³/mol. The van der Waals surface area contributed by atoms with E-state index in [4.69, 9.17) is 4.74 Å². The quantitative estimate of drug-likeness (QED) is 0.775. The maximum atomic E-state index is 12.6. The van der Waals surface area contributed by atoms with Gasteiger partial charge in [0.2, 0.25) is 17.7 Å². The third-order valence-electron chi connectivity index (χ3n) is 4.19. The van der Waals surface area contributed by atoms with Gasteiger partial charge in [-0.25, -0.2) is 4.90 Å². The van der Waals surface area contributed by atoms with Gasteiger partial charge in [0.15, 0.2) is 0 Å². The Labute approximate surface area is 161 Å². The summed E-state index contributed by atoms with van der Waals surface area (Å²) < 4.78 is 5.20. The van der Waals surface area contributed by atoms with Crippen LogP contribution in [0, 0.1) is 6.92 Å². The molecule has 1 fully saturated rings. The zero-order valence-electron chi connectivity index (χ0n) is 15.1. The Morgan fingerprint density at radius 3 is 2.59 bits per heavy atom. The lowest BCUT2D eigenvalue weighted by molar-refractivity contribution is -0.121. The Bertz CT molecular complexity index is 867. The number of ether oxygens (including phenoxy) is 1. The number of anilines is 2. The average molecular weight is 384 g/mol. The summed E-state index contributed by atoms with van der Waals surface area (Å²) in [5.74, 6) is -0.138. The Hall–Kier alpha value is -2.80. The zero-order valence-corrected chi connectivity index (χ0v) is 15.9. The standard InChI is InChI=1S/C20H20N2O4S/c1-13-7-9-14(10-8-13)22-19(24)11-17(20(22)25)27-12-18(23)21-15-5-3-4-6-16(15)26-2/h3-10,17H,11-12H2,1-2H3,(H,21,23)/t17-/m1/s1. The van der Waals surface area contributed by atoms with Crippen molar-refractivity contribution >= 4 is 40.9 Å². The molecule has 0 spiro atoms. The van der Waals surface area contributed by atoms with E-state index < -0.39 is 5.25 Å². The number of thioether (sulfide) groups is 1. The first kappa shape index (κ1) is 19.0. The minimum atomic E-state index is -0.553. The number of para-hydroxylation sites is 2. The lowest BCUT2D eigenvalue weighted by Crippen LogP contribution is -2.31. The minimum Gasteiger partial charge on any atom is -0.495 e. The number of nitrogens with zero attached hydrogens (tertiary/aromatic N) is 1. The Kier molecular flexibility index (Phi) is 5.81. The molecule has 0 radical (unpaired) electrons. The summed E-state index contributed by atoms with van der Waals surface area (Å²) in [6.07, 6.45) is 0.0965. The molecule has 1 aliphatic rings. The van der Waals surface area contributed by atoms with Crippen LogP contribution in [0.1, 0.15) is 12.0 Å². The molecule has 0 unspecified atom stereocenters. The van der Waals surface area contributed by atoms with E-state index in [2.05, 4.69) is 5.32 Å². The van der Waals surface area contributed by atoms with Crippen molar-refractivity contribution in [2.75, 3.05) is 23.1 Å². The molecule has 0 saturated carbocycles. The van der Waals surface area contributed by atoms with Crippen molar-refractivity contribution in [2.45, 2.75) is 18.6 Å². The van der Waals surface area contributed by atoms with E-state index in [9.17, 15) is 14.4 Å². The molecule has 27 heavy (non-hydrogen) atoms. The van der Waals surface area contributed by atoms with Crippen molar-refractivity contribution < 1.29 is 19.1 Å². The maximum absolute atomic E-state index is 12.6. The number of methoxy groups -OCH3 is 1. The number of amides is 3. The summed E-state index contributed by atoms with van der Waals surface area (Å²) in [7, 11) is 1.53. The average Bonchev–Trinajstić information content (AvgIpc) is 2.95. The molecule has 7 heteroatoms. The van der Waals surface area contributed by atoms with Crippen LogP contribution in [0.5, 0.6) is 5.75 Å². The van der Waals surface area contributed by atoms with Gasteiger partial charge in [-0.15, -0.1) is 11.8 Å². The van der Waals surface area contributed by atoms with Crippen LogP contribution in [-0.4, -0.2) is 35.8 Å². The van der Waals surface area contributed by atoms with E-state index in [1.807, 2.05) is 25.1 Å². The molecule has 3 rings (SSSR count). The topological polar surface area (TPSA) is 75.7 Å². The molecule has 2 aromatic rings. The number of carbonyl (C=O) groups excluding carboxylic acids is 3. The smallest absolute Gasteiger partial charge is 0.247 e. The third kappa shape index (κ3) is 4.31. The van der Waals surface area contributed by atoms with E-state index in [-0.39, 0.29) is 29.9 Å². The number of rotatable bonds is 6. The van der Waals surface area contributed by atoms with Crippen molar-refractivity contribution in [3.05, 3.63) is 54.1 Å². The lowest BCUT2D eigenvalue weighted by Gasteiger charge is -2.15. The van der Waals surface area contributed by atoms with Crippen LogP contribution in [-0.2, 0) is 14.4 Å². The summed E-state index contributed by atoms with van der Waals surface area (Å²) in [4.78, 5) is 38.3. The molecule has 1 N–H and O–H groups in total. The van der Waals surface area contributed by atoms with Gasteiger partial charge in [-0.3, -0.25) is 14.4 Å². The molecule has 1 aliphatic heterocycles. The second-order valence-electron chi connectivity index (χ2n) is 6.16. The van der Waals surface area contributed by atoms with Gasteiger partial charge in [-0.05, 0) is 31.2 Å². The van der Waals surface area contributed by atoms with Crippen LogP contribution in [0.3, 0.4) is 0 Å². The Balaban J connectivity index is 1.60. The van der Waals surface area contributed by atoms with E-state index >= 15 is 0 Å². The lowest BCUT2D eigenvalue weighted by atomic mass is 10.2. The Morgan fingerprint density at radius 2 is 1.89 bits per heavy atom. The van der Waals surface area contributed by atoms with Crippen molar-refractivity contribution in [1.29, 1.82) is 0 Å². The molecule has 1 atom stereocenters. The van der Waals surface area contributed by atoms with Gasteiger partial charge in [-0.2, -0.15) is 0 Å². The SMILES string of the molecule is COc1ccccc1NC(=O)CS[C@@H]1CC(=O)N(c2ccc(C)cc2)C1=O. The maximum Gasteiger partial charge on any atom is 0.247 e. The number of imide groups is 1. The van der Waals surface area contributed by atoms with Crippen LogP contribution in [0.15, 0.2) is 48.5 Å². The van der Waals surface area contributed by atoms with E-state index in [0.29, 0.717) is 17.1 Å². The summed E-state index contributed by atoms with van der Waals surface area (Å²) >= 11 is 1.17. The van der Waals surface area contributed by atoms with Gasteiger partial charge in [0.05, 0.1) is 29.5 Å². The molecule has 2 aromatic carbocycles. The largest absolute Gasteiger partial charge is 0.495 e. The third-order valence-corrected chi connectivity index (χ3v) is 5.39. The summed E-state index contributed by atoms with van der Waals surface area (Å²) in [5.41, 5.74) is 2.19. The zero-order chi connectivity index (χ0) is 19.4. The van der Waals surface area contributed by atoms with Gasteiger partial charge in [0, 0.05) is 6.42 Å². The molecule has 140 valence electrons. The van der Waals surface area contributed by atoms with Crippen LogP contribution in [0.25, 0.3) is 0 Å². The Morgan fingerprint density at radius 1 is 1.19 bits per heavy atom. The fourth-order valence-electron chi connectivity index (χ4n) is 2.81. The minimum absolute atomic E-state index is 0.0729. The van der Waals surface area contributed by atoms with E-state index in [1.54, 1.807) is 30.3 Å². The van der Waals surface area contributed by atoms with Crippen LogP contribution in [0.2, 0.25) is 0 Å². The second-order valence-corrected chi connectivity index (χ2v) is 7.35. The highest BCUT2D eigenvalue weighted by molar-refractivity contribution is 8.01. The first-order valence-corrected chi connectivity index (χ1v) is 9.52. The molecule has 0 bridgehead atoms. The number of aryl methyl sites for hydroxylation is 1. The first-order valence-electron chi connectivity index (χ1n) is 8.47. The molecule has 1 saturated heterocycles. The van der Waals surface area contributed by atoms with Gasteiger partial charge >= 0.3 is 0 Å². The number of hydrogen-bond acceptors (Lipinski definition) is 5. The number of hydrogen-bond donors (Lipinski definition) is 1. The first-order chi connectivity index (χ1) is 13.0. The van der Waals surface area contributed by atoms with Crippen molar-refractivity contribution in [2.24, 2.45) is 0 Å². The molecule has 3 amide bonds. The van der Waals surface area contributed by atoms with Crippen LogP contribution < -0.4 is 15.0 Å². The van der Waals surface area contributed by atoms with Gasteiger partial charge in [0.25, 0.3) is 0 Å². The summed E-state index contributed by atoms with van der Waals surface area (Å²) in [5, 5.41) is 2.21. The van der Waals surface area contributed by atoms with Crippen molar-refractivity contribution in [3.8, 4) is 5.75 Å². The van der Waals surface area contributed by atoms with Crippen LogP contribution in [0.4, 0.5) is 11.4 Å². The molecular formula is C20H20N2O4S. The fourth-order valence-corrected chi connectivity index (χ4v) is 3.74. The highest BCUT2D eigenvalue weighted by atomic mass is 32.2. The van der Waals surface area contributed by atoms with E-state index in [0.717, 1.165) is 5.56 Å². The number of benzene rings is 2. The number of carbonyl (C=O) groups is 3. The molecule has 0 aromatic heterocycles. The van der Waals surface area contributed by atoms with Gasteiger partial charge in [0.1, 0.15) is 5.75 Å². The van der Waals surface area contributed by atoms with Gasteiger partial charge < -0.3 is 10.1 Å². The van der Waals surface area contributed by atoms with Crippen molar-refractivity contribution in [3.63, 3.8) is 0 Å². The molecule has 6 nitrogen and oxygen atoms in total. The molecule has 0 aliphatic carbocycles.